The van der Waals surface area contributed by atoms with Gasteiger partial charge in [0, 0.05) is 6.54 Å². The van der Waals surface area contributed by atoms with E-state index in [0.29, 0.717) is 21.3 Å². The SMILES string of the molecule is CCN1C(=O)C(=Cc2ccc(C#N)cc2)SC1=S. The molecule has 3 nitrogen and oxygen atoms in total. The van der Waals surface area contributed by atoms with Crippen LogP contribution in [0.1, 0.15) is 18.1 Å². The van der Waals surface area contributed by atoms with Gasteiger partial charge in [0.25, 0.3) is 5.91 Å². The first-order chi connectivity index (χ1) is 8.65. The molecule has 1 aromatic carbocycles. The van der Waals surface area contributed by atoms with Gasteiger partial charge >= 0.3 is 0 Å². The van der Waals surface area contributed by atoms with Crippen molar-refractivity contribution in [2.24, 2.45) is 0 Å². The molecule has 1 aliphatic heterocycles. The van der Waals surface area contributed by atoms with Gasteiger partial charge in [-0.1, -0.05) is 36.1 Å². The Morgan fingerprint density at radius 3 is 2.61 bits per heavy atom. The van der Waals surface area contributed by atoms with Crippen molar-refractivity contribution < 1.29 is 4.79 Å². The third-order valence-electron chi connectivity index (χ3n) is 2.53. The van der Waals surface area contributed by atoms with Crippen molar-refractivity contribution in [2.45, 2.75) is 6.92 Å². The first kappa shape index (κ1) is 12.8. The standard InChI is InChI=1S/C13H10N2OS2/c1-2-15-12(16)11(18-13(15)17)7-9-3-5-10(8-14)6-4-9/h3-7H,2H2,1H3. The summed E-state index contributed by atoms with van der Waals surface area (Å²) in [6.45, 7) is 2.49. The molecule has 1 aliphatic rings. The first-order valence-electron chi connectivity index (χ1n) is 5.41. The lowest BCUT2D eigenvalue weighted by molar-refractivity contribution is -0.121. The quantitative estimate of drug-likeness (QED) is 0.614. The Morgan fingerprint density at radius 2 is 2.11 bits per heavy atom. The Morgan fingerprint density at radius 1 is 1.44 bits per heavy atom. The highest BCUT2D eigenvalue weighted by molar-refractivity contribution is 8.26. The van der Waals surface area contributed by atoms with E-state index in [2.05, 4.69) is 6.07 Å². The van der Waals surface area contributed by atoms with E-state index in [1.54, 1.807) is 23.1 Å². The molecule has 1 amide bonds. The molecule has 1 heterocycles. The zero-order valence-electron chi connectivity index (χ0n) is 9.71. The lowest BCUT2D eigenvalue weighted by atomic mass is 10.1. The monoisotopic (exact) mass is 274 g/mol. The molecule has 0 spiro atoms. The molecule has 0 unspecified atom stereocenters. The number of thioether (sulfide) groups is 1. The van der Waals surface area contributed by atoms with E-state index in [1.807, 2.05) is 19.1 Å². The predicted molar refractivity (Wildman–Crippen MR) is 76.7 cm³/mol. The summed E-state index contributed by atoms with van der Waals surface area (Å²) in [5.41, 5.74) is 1.50. The maximum Gasteiger partial charge on any atom is 0.266 e. The Hall–Kier alpha value is -1.64. The van der Waals surface area contributed by atoms with Crippen LogP contribution in [0, 0.1) is 11.3 Å². The molecule has 1 aromatic rings. The van der Waals surface area contributed by atoms with Crippen molar-refractivity contribution in [1.29, 1.82) is 5.26 Å². The van der Waals surface area contributed by atoms with Gasteiger partial charge in [-0.15, -0.1) is 0 Å². The number of benzene rings is 1. The number of carbonyl (C=O) groups is 1. The van der Waals surface area contributed by atoms with Crippen LogP contribution in [0.25, 0.3) is 6.08 Å². The molecule has 90 valence electrons. The van der Waals surface area contributed by atoms with E-state index < -0.39 is 0 Å². The third-order valence-corrected chi connectivity index (χ3v) is 3.91. The summed E-state index contributed by atoms with van der Waals surface area (Å²) in [5.74, 6) is -0.0446. The number of amides is 1. The normalized spacial score (nSPS) is 17.3. The number of thiocarbonyl (C=S) groups is 1. The fraction of sp³-hybridized carbons (Fsp3) is 0.154. The van der Waals surface area contributed by atoms with Crippen LogP contribution in [0.15, 0.2) is 29.2 Å². The summed E-state index contributed by atoms with van der Waals surface area (Å²) in [7, 11) is 0. The van der Waals surface area contributed by atoms with E-state index in [4.69, 9.17) is 17.5 Å². The van der Waals surface area contributed by atoms with Gasteiger partial charge in [-0.2, -0.15) is 5.26 Å². The van der Waals surface area contributed by atoms with E-state index in [0.717, 1.165) is 5.56 Å². The summed E-state index contributed by atoms with van der Waals surface area (Å²) in [4.78, 5) is 14.2. The van der Waals surface area contributed by atoms with E-state index in [-0.39, 0.29) is 5.91 Å². The Kier molecular flexibility index (Phi) is 3.80. The molecular formula is C13H10N2OS2. The summed E-state index contributed by atoms with van der Waals surface area (Å²) >= 11 is 6.45. The van der Waals surface area contributed by atoms with E-state index >= 15 is 0 Å². The predicted octanol–water partition coefficient (Wildman–Crippen LogP) is 2.78. The van der Waals surface area contributed by atoms with Crippen LogP contribution in [0.5, 0.6) is 0 Å². The second kappa shape index (κ2) is 5.34. The number of hydrogen-bond donors (Lipinski definition) is 0. The molecular weight excluding hydrogens is 264 g/mol. The summed E-state index contributed by atoms with van der Waals surface area (Å²) in [6, 6.07) is 9.15. The van der Waals surface area contributed by atoms with Crippen molar-refractivity contribution >= 4 is 40.3 Å². The average Bonchev–Trinajstić information content (AvgIpc) is 2.65. The minimum atomic E-state index is -0.0446. The number of rotatable bonds is 2. The molecule has 1 saturated heterocycles. The summed E-state index contributed by atoms with van der Waals surface area (Å²) < 4.78 is 0.599. The van der Waals surface area contributed by atoms with Crippen molar-refractivity contribution in [1.82, 2.24) is 4.90 Å². The Bertz CT molecular complexity index is 570. The van der Waals surface area contributed by atoms with Crippen molar-refractivity contribution in [2.75, 3.05) is 6.54 Å². The van der Waals surface area contributed by atoms with Gasteiger partial charge < -0.3 is 0 Å². The highest BCUT2D eigenvalue weighted by Gasteiger charge is 2.30. The molecule has 0 radical (unpaired) electrons. The van der Waals surface area contributed by atoms with Crippen LogP contribution in [0.4, 0.5) is 0 Å². The van der Waals surface area contributed by atoms with Gasteiger partial charge in [0.15, 0.2) is 0 Å². The lowest BCUT2D eigenvalue weighted by Crippen LogP contribution is -2.27. The van der Waals surface area contributed by atoms with E-state index in [1.165, 1.54) is 11.8 Å². The zero-order chi connectivity index (χ0) is 13.1. The zero-order valence-corrected chi connectivity index (χ0v) is 11.3. The largest absolute Gasteiger partial charge is 0.293 e. The first-order valence-corrected chi connectivity index (χ1v) is 6.63. The molecule has 0 N–H and O–H groups in total. The molecule has 0 saturated carbocycles. The molecule has 0 aliphatic carbocycles. The van der Waals surface area contributed by atoms with Crippen molar-refractivity contribution in [3.05, 3.63) is 40.3 Å². The fourth-order valence-corrected chi connectivity index (χ4v) is 2.96. The van der Waals surface area contributed by atoms with Gasteiger partial charge in [0.1, 0.15) is 4.32 Å². The third kappa shape index (κ3) is 2.45. The number of hydrogen-bond acceptors (Lipinski definition) is 4. The number of nitrogens with zero attached hydrogens (tertiary/aromatic N) is 2. The van der Waals surface area contributed by atoms with Crippen LogP contribution in [-0.2, 0) is 4.79 Å². The fourth-order valence-electron chi connectivity index (χ4n) is 1.58. The smallest absolute Gasteiger partial charge is 0.266 e. The van der Waals surface area contributed by atoms with Gasteiger partial charge in [-0.25, -0.2) is 0 Å². The topological polar surface area (TPSA) is 44.1 Å². The van der Waals surface area contributed by atoms with Crippen LogP contribution in [0.2, 0.25) is 0 Å². The maximum atomic E-state index is 12.0. The second-order valence-electron chi connectivity index (χ2n) is 3.66. The van der Waals surface area contributed by atoms with Crippen LogP contribution in [0.3, 0.4) is 0 Å². The van der Waals surface area contributed by atoms with Crippen LogP contribution < -0.4 is 0 Å². The average molecular weight is 274 g/mol. The second-order valence-corrected chi connectivity index (χ2v) is 5.34. The summed E-state index contributed by atoms with van der Waals surface area (Å²) in [5, 5.41) is 8.71. The van der Waals surface area contributed by atoms with Gasteiger partial charge in [0.05, 0.1) is 16.5 Å². The lowest BCUT2D eigenvalue weighted by Gasteiger charge is -2.09. The van der Waals surface area contributed by atoms with Crippen molar-refractivity contribution in [3.63, 3.8) is 0 Å². The number of likely N-dealkylation sites (N-methyl/N-ethyl adjacent to an activating group) is 1. The molecule has 5 heteroatoms. The molecule has 2 rings (SSSR count). The van der Waals surface area contributed by atoms with Crippen molar-refractivity contribution in [3.8, 4) is 6.07 Å². The molecule has 0 aromatic heterocycles. The maximum absolute atomic E-state index is 12.0. The minimum absolute atomic E-state index is 0.0446. The Labute approximate surface area is 115 Å². The van der Waals surface area contributed by atoms with Gasteiger partial charge in [-0.3, -0.25) is 9.69 Å². The van der Waals surface area contributed by atoms with Crippen LogP contribution in [-0.4, -0.2) is 21.7 Å². The highest BCUT2D eigenvalue weighted by Crippen LogP contribution is 2.32. The van der Waals surface area contributed by atoms with E-state index in [9.17, 15) is 4.79 Å². The highest BCUT2D eigenvalue weighted by atomic mass is 32.2. The molecule has 18 heavy (non-hydrogen) atoms. The molecule has 1 fully saturated rings. The Balaban J connectivity index is 2.26. The molecule has 0 bridgehead atoms. The molecule has 0 atom stereocenters. The van der Waals surface area contributed by atoms with Crippen LogP contribution >= 0.6 is 24.0 Å². The minimum Gasteiger partial charge on any atom is -0.293 e. The number of nitriles is 1. The number of carbonyl (C=O) groups excluding carboxylic acids is 1. The van der Waals surface area contributed by atoms with Gasteiger partial charge in [-0.05, 0) is 30.7 Å². The summed E-state index contributed by atoms with van der Waals surface area (Å²) in [6.07, 6.45) is 1.80. The van der Waals surface area contributed by atoms with Gasteiger partial charge in [0.2, 0.25) is 0 Å².